The van der Waals surface area contributed by atoms with E-state index in [0.29, 0.717) is 22.8 Å². The SMILES string of the molecule is COc1cc(N)ccc1Nc1nc(Nc2ccc(N)cc2)nc(N(CCO)CCO)n1. The monoisotopic (exact) mass is 426 g/mol. The third-order valence-electron chi connectivity index (χ3n) is 4.29. The quantitative estimate of drug-likeness (QED) is 0.259. The molecule has 11 nitrogen and oxygen atoms in total. The lowest BCUT2D eigenvalue weighted by atomic mass is 10.2. The largest absolute Gasteiger partial charge is 0.494 e. The number of hydrogen-bond donors (Lipinski definition) is 6. The van der Waals surface area contributed by atoms with Crippen LogP contribution >= 0.6 is 0 Å². The van der Waals surface area contributed by atoms with E-state index in [1.54, 1.807) is 47.4 Å². The van der Waals surface area contributed by atoms with E-state index in [2.05, 4.69) is 25.6 Å². The molecule has 0 unspecified atom stereocenters. The maximum absolute atomic E-state index is 9.39. The van der Waals surface area contributed by atoms with Gasteiger partial charge in [-0.15, -0.1) is 0 Å². The number of anilines is 7. The predicted molar refractivity (Wildman–Crippen MR) is 121 cm³/mol. The Kier molecular flexibility index (Phi) is 7.25. The van der Waals surface area contributed by atoms with Crippen molar-refractivity contribution < 1.29 is 14.9 Å². The van der Waals surface area contributed by atoms with E-state index in [0.717, 1.165) is 5.69 Å². The Morgan fingerprint density at radius 1 is 0.871 bits per heavy atom. The number of aromatic nitrogens is 3. The molecule has 0 fully saturated rings. The van der Waals surface area contributed by atoms with Gasteiger partial charge in [0.15, 0.2) is 0 Å². The van der Waals surface area contributed by atoms with Gasteiger partial charge in [0.05, 0.1) is 26.0 Å². The van der Waals surface area contributed by atoms with Crippen molar-refractivity contribution in [2.75, 3.05) is 60.4 Å². The lowest BCUT2D eigenvalue weighted by molar-refractivity contribution is 0.280. The Morgan fingerprint density at radius 3 is 2.10 bits per heavy atom. The summed E-state index contributed by atoms with van der Waals surface area (Å²) in [6.45, 7) is 0.245. The van der Waals surface area contributed by atoms with Crippen LogP contribution in [0.15, 0.2) is 42.5 Å². The zero-order valence-corrected chi connectivity index (χ0v) is 17.1. The molecule has 0 radical (unpaired) electrons. The Bertz CT molecular complexity index is 994. The fourth-order valence-electron chi connectivity index (χ4n) is 2.80. The molecule has 164 valence electrons. The molecule has 0 aliphatic heterocycles. The maximum atomic E-state index is 9.39. The number of nitrogen functional groups attached to an aromatic ring is 2. The molecule has 0 bridgehead atoms. The van der Waals surface area contributed by atoms with Crippen LogP contribution in [-0.2, 0) is 0 Å². The molecule has 11 heteroatoms. The molecular formula is C20H26N8O3. The molecule has 31 heavy (non-hydrogen) atoms. The number of ether oxygens (including phenoxy) is 1. The van der Waals surface area contributed by atoms with E-state index < -0.39 is 0 Å². The number of methoxy groups -OCH3 is 1. The van der Waals surface area contributed by atoms with Crippen LogP contribution in [0.25, 0.3) is 0 Å². The van der Waals surface area contributed by atoms with Crippen LogP contribution in [0.3, 0.4) is 0 Å². The zero-order chi connectivity index (χ0) is 22.2. The topological polar surface area (TPSA) is 168 Å². The molecule has 2 aromatic carbocycles. The highest BCUT2D eigenvalue weighted by atomic mass is 16.5. The van der Waals surface area contributed by atoms with Crippen molar-refractivity contribution in [3.05, 3.63) is 42.5 Å². The van der Waals surface area contributed by atoms with E-state index in [1.165, 1.54) is 7.11 Å². The minimum absolute atomic E-state index is 0.124. The third-order valence-corrected chi connectivity index (χ3v) is 4.29. The fraction of sp³-hybridized carbons (Fsp3) is 0.250. The van der Waals surface area contributed by atoms with Gasteiger partial charge in [-0.2, -0.15) is 15.0 Å². The van der Waals surface area contributed by atoms with Crippen molar-refractivity contribution in [2.24, 2.45) is 0 Å². The average Bonchev–Trinajstić information content (AvgIpc) is 2.76. The molecule has 0 spiro atoms. The molecule has 0 amide bonds. The molecule has 3 aromatic rings. The van der Waals surface area contributed by atoms with Gasteiger partial charge < -0.3 is 42.0 Å². The number of aliphatic hydroxyl groups is 2. The molecule has 1 heterocycles. The summed E-state index contributed by atoms with van der Waals surface area (Å²) in [5, 5.41) is 25.0. The number of nitrogens with zero attached hydrogens (tertiary/aromatic N) is 4. The molecule has 0 aliphatic carbocycles. The van der Waals surface area contributed by atoms with Crippen molar-refractivity contribution in [1.29, 1.82) is 0 Å². The van der Waals surface area contributed by atoms with Gasteiger partial charge in [-0.1, -0.05) is 0 Å². The average molecular weight is 426 g/mol. The smallest absolute Gasteiger partial charge is 0.233 e. The van der Waals surface area contributed by atoms with Crippen molar-refractivity contribution in [3.63, 3.8) is 0 Å². The molecule has 0 saturated heterocycles. The molecule has 8 N–H and O–H groups in total. The van der Waals surface area contributed by atoms with Gasteiger partial charge in [0.25, 0.3) is 0 Å². The minimum Gasteiger partial charge on any atom is -0.494 e. The Morgan fingerprint density at radius 2 is 1.48 bits per heavy atom. The van der Waals surface area contributed by atoms with Crippen molar-refractivity contribution in [1.82, 2.24) is 15.0 Å². The lowest BCUT2D eigenvalue weighted by Gasteiger charge is -2.21. The molecule has 3 rings (SSSR count). The van der Waals surface area contributed by atoms with E-state index in [4.69, 9.17) is 16.2 Å². The van der Waals surface area contributed by atoms with Gasteiger partial charge in [0, 0.05) is 36.2 Å². The van der Waals surface area contributed by atoms with E-state index >= 15 is 0 Å². The van der Waals surface area contributed by atoms with Crippen LogP contribution in [0.1, 0.15) is 0 Å². The van der Waals surface area contributed by atoms with Crippen LogP contribution in [-0.4, -0.2) is 58.6 Å². The van der Waals surface area contributed by atoms with Crippen LogP contribution in [0.5, 0.6) is 5.75 Å². The van der Waals surface area contributed by atoms with Crippen molar-refractivity contribution >= 4 is 40.6 Å². The zero-order valence-electron chi connectivity index (χ0n) is 17.1. The summed E-state index contributed by atoms with van der Waals surface area (Å²) >= 11 is 0. The van der Waals surface area contributed by atoms with Crippen molar-refractivity contribution in [3.8, 4) is 5.75 Å². The van der Waals surface area contributed by atoms with Gasteiger partial charge >= 0.3 is 0 Å². The second-order valence-corrected chi connectivity index (χ2v) is 6.55. The highest BCUT2D eigenvalue weighted by Crippen LogP contribution is 2.29. The van der Waals surface area contributed by atoms with Crippen LogP contribution < -0.4 is 31.7 Å². The van der Waals surface area contributed by atoms with Crippen molar-refractivity contribution in [2.45, 2.75) is 0 Å². The number of rotatable bonds is 10. The fourth-order valence-corrected chi connectivity index (χ4v) is 2.80. The number of hydrogen-bond acceptors (Lipinski definition) is 11. The van der Waals surface area contributed by atoms with Gasteiger partial charge in [-0.25, -0.2) is 0 Å². The third kappa shape index (κ3) is 5.84. The van der Waals surface area contributed by atoms with Crippen LogP contribution in [0, 0.1) is 0 Å². The summed E-state index contributed by atoms with van der Waals surface area (Å²) in [5.74, 6) is 1.32. The van der Waals surface area contributed by atoms with Gasteiger partial charge in [-0.05, 0) is 36.4 Å². The second kappa shape index (κ2) is 10.3. The normalized spacial score (nSPS) is 10.5. The Hall–Kier alpha value is -3.83. The number of aliphatic hydroxyl groups excluding tert-OH is 2. The first-order chi connectivity index (χ1) is 15.0. The van der Waals surface area contributed by atoms with Crippen LogP contribution in [0.4, 0.5) is 40.6 Å². The molecule has 1 aromatic heterocycles. The molecule has 0 saturated carbocycles. The summed E-state index contributed by atoms with van der Waals surface area (Å²) in [7, 11) is 1.54. The lowest BCUT2D eigenvalue weighted by Crippen LogP contribution is -2.31. The predicted octanol–water partition coefficient (Wildman–Crippen LogP) is 1.32. The molecular weight excluding hydrogens is 400 g/mol. The molecule has 0 aliphatic rings. The maximum Gasteiger partial charge on any atom is 0.233 e. The summed E-state index contributed by atoms with van der Waals surface area (Å²) in [5.41, 5.74) is 14.1. The number of nitrogens with one attached hydrogen (secondary N) is 2. The Labute approximate surface area is 179 Å². The first kappa shape index (κ1) is 21.9. The van der Waals surface area contributed by atoms with Gasteiger partial charge in [0.1, 0.15) is 5.75 Å². The first-order valence-electron chi connectivity index (χ1n) is 9.58. The standard InChI is InChI=1S/C20H26N8O3/c1-31-17-12-14(22)4-7-16(17)24-19-25-18(23-15-5-2-13(21)3-6-15)26-20(27-19)28(8-10-29)9-11-30/h2-7,12,29-30H,8-11,21-22H2,1H3,(H2,23,24,25,26,27). The molecule has 0 atom stereocenters. The van der Waals surface area contributed by atoms with Gasteiger partial charge in [0.2, 0.25) is 17.8 Å². The number of nitrogens with two attached hydrogens (primary N) is 2. The second-order valence-electron chi connectivity index (χ2n) is 6.55. The summed E-state index contributed by atoms with van der Waals surface area (Å²) < 4.78 is 5.37. The minimum atomic E-state index is -0.124. The highest BCUT2D eigenvalue weighted by molar-refractivity contribution is 5.68. The first-order valence-corrected chi connectivity index (χ1v) is 9.58. The van der Waals surface area contributed by atoms with E-state index in [1.807, 2.05) is 0 Å². The summed E-state index contributed by atoms with van der Waals surface area (Å²) in [4.78, 5) is 15.0. The van der Waals surface area contributed by atoms with Gasteiger partial charge in [-0.3, -0.25) is 0 Å². The number of benzene rings is 2. The highest BCUT2D eigenvalue weighted by Gasteiger charge is 2.15. The summed E-state index contributed by atoms with van der Waals surface area (Å²) in [6, 6.07) is 12.3. The van der Waals surface area contributed by atoms with E-state index in [9.17, 15) is 10.2 Å². The van der Waals surface area contributed by atoms with E-state index in [-0.39, 0.29) is 44.1 Å². The Balaban J connectivity index is 1.98. The summed E-state index contributed by atoms with van der Waals surface area (Å²) in [6.07, 6.45) is 0. The van der Waals surface area contributed by atoms with Crippen LogP contribution in [0.2, 0.25) is 0 Å².